The topological polar surface area (TPSA) is 97.4 Å². The van der Waals surface area contributed by atoms with Crippen LogP contribution in [0.1, 0.15) is 11.5 Å². The maximum absolute atomic E-state index is 13.3. The number of rotatable bonds is 1. The molecule has 1 aromatic rings. The lowest BCUT2D eigenvalue weighted by molar-refractivity contribution is 0.368. The van der Waals surface area contributed by atoms with Crippen molar-refractivity contribution < 1.29 is 4.39 Å². The zero-order valence-electron chi connectivity index (χ0n) is 12.7. The van der Waals surface area contributed by atoms with Crippen molar-refractivity contribution in [2.75, 3.05) is 11.5 Å². The highest BCUT2D eigenvalue weighted by molar-refractivity contribution is 7.99. The molecule has 2 aliphatic rings. The Morgan fingerprint density at radius 1 is 1.17 bits per heavy atom. The van der Waals surface area contributed by atoms with Crippen molar-refractivity contribution in [3.63, 3.8) is 0 Å². The van der Waals surface area contributed by atoms with Crippen LogP contribution in [0, 0.1) is 51.1 Å². The van der Waals surface area contributed by atoms with Gasteiger partial charge in [-0.3, -0.25) is 0 Å². The molecule has 4 nitrogen and oxygen atoms in total. The highest BCUT2D eigenvalue weighted by Crippen LogP contribution is 2.54. The van der Waals surface area contributed by atoms with E-state index >= 15 is 0 Å². The van der Waals surface area contributed by atoms with Gasteiger partial charge in [-0.2, -0.15) is 27.5 Å². The van der Waals surface area contributed by atoms with Crippen LogP contribution in [-0.4, -0.2) is 11.5 Å². The second-order valence-electron chi connectivity index (χ2n) is 5.76. The summed E-state index contributed by atoms with van der Waals surface area (Å²) >= 11 is 1.68. The number of thioether (sulfide) groups is 1. The van der Waals surface area contributed by atoms with E-state index in [1.807, 2.05) is 6.08 Å². The Hall–Kier alpha value is -2.75. The molecule has 0 fully saturated rings. The lowest BCUT2D eigenvalue weighted by Crippen LogP contribution is -2.43. The van der Waals surface area contributed by atoms with Crippen LogP contribution in [0.2, 0.25) is 0 Å². The molecule has 0 unspecified atom stereocenters. The molecule has 2 N–H and O–H groups in total. The van der Waals surface area contributed by atoms with Crippen molar-refractivity contribution in [3.05, 3.63) is 58.6 Å². The number of hydrogen-bond donors (Lipinski definition) is 1. The number of allylic oxidation sites excluding steroid dienone is 3. The first kappa shape index (κ1) is 16.1. The summed E-state index contributed by atoms with van der Waals surface area (Å²) in [4.78, 5) is 0. The molecule has 2 atom stereocenters. The number of fused-ring (bicyclic) bond motifs is 1. The molecule has 3 rings (SSSR count). The van der Waals surface area contributed by atoms with Gasteiger partial charge in [0.2, 0.25) is 0 Å². The first-order valence-electron chi connectivity index (χ1n) is 7.35. The highest BCUT2D eigenvalue weighted by atomic mass is 32.2. The molecule has 0 aromatic heterocycles. The van der Waals surface area contributed by atoms with E-state index in [1.165, 1.54) is 12.1 Å². The predicted octanol–water partition coefficient (Wildman–Crippen LogP) is 2.98. The monoisotopic (exact) mass is 336 g/mol. The average molecular weight is 336 g/mol. The summed E-state index contributed by atoms with van der Waals surface area (Å²) in [7, 11) is 0. The van der Waals surface area contributed by atoms with Gasteiger partial charge in [0.25, 0.3) is 0 Å². The molecule has 0 amide bonds. The van der Waals surface area contributed by atoms with Crippen molar-refractivity contribution in [2.24, 2.45) is 17.1 Å². The Morgan fingerprint density at radius 2 is 1.83 bits per heavy atom. The summed E-state index contributed by atoms with van der Waals surface area (Å²) < 4.78 is 13.3. The Labute approximate surface area is 143 Å². The molecule has 0 bridgehead atoms. The largest absolute Gasteiger partial charge is 0.399 e. The van der Waals surface area contributed by atoms with Gasteiger partial charge in [0.05, 0.1) is 23.4 Å². The van der Waals surface area contributed by atoms with E-state index in [-0.39, 0.29) is 23.0 Å². The first-order valence-corrected chi connectivity index (χ1v) is 8.51. The quantitative estimate of drug-likeness (QED) is 0.850. The smallest absolute Gasteiger partial charge is 0.191 e. The van der Waals surface area contributed by atoms with Crippen molar-refractivity contribution in [3.8, 4) is 18.2 Å². The number of hydrogen-bond acceptors (Lipinski definition) is 5. The molecule has 1 aliphatic carbocycles. The van der Waals surface area contributed by atoms with E-state index in [4.69, 9.17) is 5.73 Å². The van der Waals surface area contributed by atoms with E-state index in [9.17, 15) is 20.2 Å². The molecule has 0 saturated heterocycles. The van der Waals surface area contributed by atoms with Crippen LogP contribution in [0.25, 0.3) is 0 Å². The Bertz CT molecular complexity index is 850. The molecule has 6 heteroatoms. The Balaban J connectivity index is 2.31. The van der Waals surface area contributed by atoms with Crippen LogP contribution >= 0.6 is 11.8 Å². The van der Waals surface area contributed by atoms with Gasteiger partial charge in [0.15, 0.2) is 5.41 Å². The van der Waals surface area contributed by atoms with Crippen LogP contribution in [0.15, 0.2) is 47.2 Å². The number of nitriles is 3. The van der Waals surface area contributed by atoms with E-state index in [2.05, 4.69) is 18.2 Å². The average Bonchev–Trinajstić information content (AvgIpc) is 2.62. The second-order valence-corrected chi connectivity index (χ2v) is 6.84. The maximum atomic E-state index is 13.3. The molecule has 0 spiro atoms. The molecule has 118 valence electrons. The fourth-order valence-electron chi connectivity index (χ4n) is 3.53. The van der Waals surface area contributed by atoms with E-state index in [1.54, 1.807) is 23.9 Å². The molecule has 1 heterocycles. The van der Waals surface area contributed by atoms with Gasteiger partial charge in [-0.1, -0.05) is 18.2 Å². The lowest BCUT2D eigenvalue weighted by atomic mass is 9.59. The number of nitrogens with zero attached hydrogens (tertiary/aromatic N) is 3. The van der Waals surface area contributed by atoms with Crippen molar-refractivity contribution in [1.29, 1.82) is 15.8 Å². The fraction of sp³-hybridized carbons (Fsp3) is 0.278. The van der Waals surface area contributed by atoms with E-state index < -0.39 is 11.3 Å². The summed E-state index contributed by atoms with van der Waals surface area (Å²) in [6.07, 6.45) is 1.94. The standard InChI is InChI=1S/C18H13FN4S/c19-12-3-1-11(2-4-12)16-15-8-24-6-5-13(15)14(7-20)17(23)18(16,9-21)10-22/h1-5,15-16H,6,8,23H2/t15-,16+/m1/s1. The minimum atomic E-state index is -1.64. The van der Waals surface area contributed by atoms with Gasteiger partial charge < -0.3 is 5.73 Å². The van der Waals surface area contributed by atoms with Crippen molar-refractivity contribution >= 4 is 11.8 Å². The van der Waals surface area contributed by atoms with Gasteiger partial charge >= 0.3 is 0 Å². The van der Waals surface area contributed by atoms with Gasteiger partial charge in [0.1, 0.15) is 11.9 Å². The van der Waals surface area contributed by atoms with Gasteiger partial charge in [-0.15, -0.1) is 0 Å². The van der Waals surface area contributed by atoms with Gasteiger partial charge in [0, 0.05) is 23.3 Å². The van der Waals surface area contributed by atoms with Crippen molar-refractivity contribution in [2.45, 2.75) is 5.92 Å². The third-order valence-electron chi connectivity index (χ3n) is 4.66. The van der Waals surface area contributed by atoms with Crippen LogP contribution in [0.5, 0.6) is 0 Å². The normalized spacial score (nSPS) is 24.8. The SMILES string of the molecule is N#CC1=C(N)C(C#N)(C#N)[C@@H](c2ccc(F)cc2)[C@@H]2CSCC=C12. The molecule has 0 saturated carbocycles. The fourth-order valence-corrected chi connectivity index (χ4v) is 4.59. The van der Waals surface area contributed by atoms with Gasteiger partial charge in [-0.25, -0.2) is 4.39 Å². The summed E-state index contributed by atoms with van der Waals surface area (Å²) in [5, 5.41) is 29.1. The minimum absolute atomic E-state index is 0.00118. The molecule has 1 aliphatic heterocycles. The zero-order chi connectivity index (χ0) is 17.3. The van der Waals surface area contributed by atoms with Crippen molar-refractivity contribution in [1.82, 2.24) is 0 Å². The summed E-state index contributed by atoms with van der Waals surface area (Å²) in [5.41, 5.74) is 6.22. The Morgan fingerprint density at radius 3 is 2.42 bits per heavy atom. The number of benzene rings is 1. The third-order valence-corrected chi connectivity index (χ3v) is 5.66. The van der Waals surface area contributed by atoms with E-state index in [0.717, 1.165) is 11.3 Å². The van der Waals surface area contributed by atoms with Crippen LogP contribution < -0.4 is 5.73 Å². The molecule has 1 aromatic carbocycles. The van der Waals surface area contributed by atoms with Crippen LogP contribution in [0.3, 0.4) is 0 Å². The number of nitrogens with two attached hydrogens (primary N) is 1. The van der Waals surface area contributed by atoms with E-state index in [0.29, 0.717) is 11.3 Å². The second kappa shape index (κ2) is 6.04. The predicted molar refractivity (Wildman–Crippen MR) is 88.5 cm³/mol. The summed E-state index contributed by atoms with van der Waals surface area (Å²) in [5.74, 6) is 0.327. The maximum Gasteiger partial charge on any atom is 0.191 e. The minimum Gasteiger partial charge on any atom is -0.399 e. The molecule has 0 radical (unpaired) electrons. The lowest BCUT2D eigenvalue weighted by Gasteiger charge is -2.43. The molecular weight excluding hydrogens is 323 g/mol. The van der Waals surface area contributed by atoms with Crippen LogP contribution in [-0.2, 0) is 0 Å². The van der Waals surface area contributed by atoms with Crippen LogP contribution in [0.4, 0.5) is 4.39 Å². The zero-order valence-corrected chi connectivity index (χ0v) is 13.5. The number of halogens is 1. The highest BCUT2D eigenvalue weighted by Gasteiger charge is 2.53. The third kappa shape index (κ3) is 2.18. The van der Waals surface area contributed by atoms with Gasteiger partial charge in [-0.05, 0) is 23.3 Å². The molecule has 24 heavy (non-hydrogen) atoms. The Kier molecular flexibility index (Phi) is 4.06. The first-order chi connectivity index (χ1) is 11.6. The molecular formula is C18H13FN4S. The summed E-state index contributed by atoms with van der Waals surface area (Å²) in [6.45, 7) is 0. The summed E-state index contributed by atoms with van der Waals surface area (Å²) in [6, 6.07) is 12.0.